The van der Waals surface area contributed by atoms with Gasteiger partial charge >= 0.3 is 0 Å². The van der Waals surface area contributed by atoms with Crippen LogP contribution in [0.15, 0.2) is 0 Å². The highest BCUT2D eigenvalue weighted by molar-refractivity contribution is 4.76. The first-order chi connectivity index (χ1) is 7.22. The van der Waals surface area contributed by atoms with Crippen molar-refractivity contribution in [2.45, 2.75) is 65.0 Å². The van der Waals surface area contributed by atoms with Gasteiger partial charge in [0.25, 0.3) is 0 Å². The van der Waals surface area contributed by atoms with Crippen LogP contribution < -0.4 is 10.6 Å². The molecule has 1 heterocycles. The third-order valence-corrected chi connectivity index (χ3v) is 3.58. The topological polar surface area (TPSA) is 24.1 Å². The molecule has 15 heavy (non-hydrogen) atoms. The van der Waals surface area contributed by atoms with Crippen molar-refractivity contribution in [1.29, 1.82) is 0 Å². The van der Waals surface area contributed by atoms with E-state index in [1.807, 2.05) is 0 Å². The quantitative estimate of drug-likeness (QED) is 0.707. The van der Waals surface area contributed by atoms with Gasteiger partial charge in [-0.25, -0.2) is 0 Å². The molecule has 0 aromatic heterocycles. The Kier molecular flexibility index (Phi) is 6.26. The molecule has 1 fully saturated rings. The van der Waals surface area contributed by atoms with Gasteiger partial charge in [-0.2, -0.15) is 0 Å². The maximum atomic E-state index is 3.66. The van der Waals surface area contributed by atoms with Gasteiger partial charge in [-0.1, -0.05) is 26.7 Å². The van der Waals surface area contributed by atoms with Gasteiger partial charge in [-0.05, 0) is 38.6 Å². The molecule has 0 radical (unpaired) electrons. The summed E-state index contributed by atoms with van der Waals surface area (Å²) in [5.41, 5.74) is 0. The molecular formula is C13H28N2. The molecule has 0 amide bonds. The molecule has 3 atom stereocenters. The standard InChI is InChI=1S/C13H28N2/c1-4-11(2)9-12(3)15-10-13-7-5-6-8-14-13/h11-15H,4-10H2,1-3H3. The van der Waals surface area contributed by atoms with Crippen molar-refractivity contribution in [3.8, 4) is 0 Å². The lowest BCUT2D eigenvalue weighted by atomic mass is 9.99. The van der Waals surface area contributed by atoms with Crippen molar-refractivity contribution in [2.75, 3.05) is 13.1 Å². The van der Waals surface area contributed by atoms with E-state index in [2.05, 4.69) is 31.4 Å². The van der Waals surface area contributed by atoms with Crippen LogP contribution in [0.2, 0.25) is 0 Å². The zero-order valence-electron chi connectivity index (χ0n) is 10.7. The lowest BCUT2D eigenvalue weighted by Gasteiger charge is -2.26. The average Bonchev–Trinajstić information content (AvgIpc) is 2.27. The highest BCUT2D eigenvalue weighted by Gasteiger charge is 2.13. The van der Waals surface area contributed by atoms with Crippen LogP contribution in [0.5, 0.6) is 0 Å². The summed E-state index contributed by atoms with van der Waals surface area (Å²) < 4.78 is 0. The van der Waals surface area contributed by atoms with Gasteiger partial charge in [0.15, 0.2) is 0 Å². The second-order valence-corrected chi connectivity index (χ2v) is 5.21. The molecule has 0 aliphatic carbocycles. The lowest BCUT2D eigenvalue weighted by molar-refractivity contribution is 0.347. The van der Waals surface area contributed by atoms with Gasteiger partial charge in [0.1, 0.15) is 0 Å². The molecular weight excluding hydrogens is 184 g/mol. The van der Waals surface area contributed by atoms with Gasteiger partial charge in [0, 0.05) is 18.6 Å². The molecule has 1 saturated heterocycles. The summed E-state index contributed by atoms with van der Waals surface area (Å²) in [6.45, 7) is 9.30. The van der Waals surface area contributed by atoms with Crippen molar-refractivity contribution < 1.29 is 0 Å². The number of rotatable bonds is 6. The van der Waals surface area contributed by atoms with E-state index in [0.717, 1.165) is 18.5 Å². The van der Waals surface area contributed by atoms with Crippen LogP contribution in [-0.4, -0.2) is 25.2 Å². The Bertz CT molecular complexity index is 153. The SMILES string of the molecule is CCC(C)CC(C)NCC1CCCCN1. The third-order valence-electron chi connectivity index (χ3n) is 3.58. The second kappa shape index (κ2) is 7.24. The second-order valence-electron chi connectivity index (χ2n) is 5.21. The van der Waals surface area contributed by atoms with Crippen molar-refractivity contribution in [3.05, 3.63) is 0 Å². The normalized spacial score (nSPS) is 26.2. The van der Waals surface area contributed by atoms with E-state index >= 15 is 0 Å². The van der Waals surface area contributed by atoms with E-state index in [1.54, 1.807) is 0 Å². The van der Waals surface area contributed by atoms with Crippen LogP contribution in [0, 0.1) is 5.92 Å². The van der Waals surface area contributed by atoms with E-state index < -0.39 is 0 Å². The highest BCUT2D eigenvalue weighted by atomic mass is 15.0. The summed E-state index contributed by atoms with van der Waals surface area (Å²) in [6.07, 6.45) is 6.72. The Balaban J connectivity index is 2.07. The largest absolute Gasteiger partial charge is 0.313 e. The molecule has 1 aliphatic heterocycles. The van der Waals surface area contributed by atoms with E-state index in [0.29, 0.717) is 6.04 Å². The van der Waals surface area contributed by atoms with E-state index in [4.69, 9.17) is 0 Å². The van der Waals surface area contributed by atoms with Crippen LogP contribution in [-0.2, 0) is 0 Å². The first kappa shape index (κ1) is 13.0. The van der Waals surface area contributed by atoms with Crippen LogP contribution in [0.25, 0.3) is 0 Å². The molecule has 90 valence electrons. The van der Waals surface area contributed by atoms with Gasteiger partial charge in [0.2, 0.25) is 0 Å². The van der Waals surface area contributed by atoms with Gasteiger partial charge < -0.3 is 10.6 Å². The van der Waals surface area contributed by atoms with Crippen molar-refractivity contribution >= 4 is 0 Å². The Morgan fingerprint density at radius 2 is 2.13 bits per heavy atom. The Morgan fingerprint density at radius 3 is 2.73 bits per heavy atom. The summed E-state index contributed by atoms with van der Waals surface area (Å²) >= 11 is 0. The summed E-state index contributed by atoms with van der Waals surface area (Å²) in [5.74, 6) is 0.854. The predicted octanol–water partition coefficient (Wildman–Crippen LogP) is 2.54. The van der Waals surface area contributed by atoms with E-state index in [1.165, 1.54) is 38.6 Å². The summed E-state index contributed by atoms with van der Waals surface area (Å²) in [7, 11) is 0. The Morgan fingerprint density at radius 1 is 1.33 bits per heavy atom. The molecule has 3 unspecified atom stereocenters. The number of nitrogens with one attached hydrogen (secondary N) is 2. The molecule has 1 rings (SSSR count). The average molecular weight is 212 g/mol. The monoisotopic (exact) mass is 212 g/mol. The molecule has 1 aliphatic rings. The van der Waals surface area contributed by atoms with E-state index in [-0.39, 0.29) is 0 Å². The molecule has 0 spiro atoms. The first-order valence-electron chi connectivity index (χ1n) is 6.69. The van der Waals surface area contributed by atoms with Crippen molar-refractivity contribution in [2.24, 2.45) is 5.92 Å². The minimum atomic E-state index is 0.670. The molecule has 0 aromatic carbocycles. The zero-order chi connectivity index (χ0) is 11.1. The number of hydrogen-bond donors (Lipinski definition) is 2. The fourth-order valence-electron chi connectivity index (χ4n) is 2.30. The van der Waals surface area contributed by atoms with Gasteiger partial charge in [0.05, 0.1) is 0 Å². The summed E-state index contributed by atoms with van der Waals surface area (Å²) in [4.78, 5) is 0. The molecule has 0 bridgehead atoms. The van der Waals surface area contributed by atoms with Gasteiger partial charge in [-0.15, -0.1) is 0 Å². The smallest absolute Gasteiger partial charge is 0.0192 e. The number of hydrogen-bond acceptors (Lipinski definition) is 2. The molecule has 2 N–H and O–H groups in total. The molecule has 0 saturated carbocycles. The van der Waals surface area contributed by atoms with Crippen LogP contribution >= 0.6 is 0 Å². The first-order valence-corrected chi connectivity index (χ1v) is 6.69. The minimum Gasteiger partial charge on any atom is -0.313 e. The summed E-state index contributed by atoms with van der Waals surface area (Å²) in [6, 6.07) is 1.39. The molecule has 2 heteroatoms. The van der Waals surface area contributed by atoms with Gasteiger partial charge in [-0.3, -0.25) is 0 Å². The maximum absolute atomic E-state index is 3.66. The molecule has 0 aromatic rings. The zero-order valence-corrected chi connectivity index (χ0v) is 10.7. The third kappa shape index (κ3) is 5.53. The molecule has 2 nitrogen and oxygen atoms in total. The number of piperidine rings is 1. The lowest BCUT2D eigenvalue weighted by Crippen LogP contribution is -2.44. The fourth-order valence-corrected chi connectivity index (χ4v) is 2.30. The predicted molar refractivity (Wildman–Crippen MR) is 67.2 cm³/mol. The van der Waals surface area contributed by atoms with Crippen molar-refractivity contribution in [1.82, 2.24) is 10.6 Å². The summed E-state index contributed by atoms with van der Waals surface area (Å²) in [5, 5.41) is 7.23. The van der Waals surface area contributed by atoms with Crippen LogP contribution in [0.4, 0.5) is 0 Å². The van der Waals surface area contributed by atoms with E-state index in [9.17, 15) is 0 Å². The fraction of sp³-hybridized carbons (Fsp3) is 1.00. The van der Waals surface area contributed by atoms with Crippen LogP contribution in [0.3, 0.4) is 0 Å². The highest BCUT2D eigenvalue weighted by Crippen LogP contribution is 2.10. The Hall–Kier alpha value is -0.0800. The van der Waals surface area contributed by atoms with Crippen molar-refractivity contribution in [3.63, 3.8) is 0 Å². The minimum absolute atomic E-state index is 0.670. The Labute approximate surface area is 95.2 Å². The maximum Gasteiger partial charge on any atom is 0.0192 e. The van der Waals surface area contributed by atoms with Crippen LogP contribution in [0.1, 0.15) is 52.9 Å².